The Kier molecular flexibility index (Phi) is 8.11. The predicted molar refractivity (Wildman–Crippen MR) is 149 cm³/mol. The number of benzene rings is 2. The van der Waals surface area contributed by atoms with E-state index in [1.807, 2.05) is 6.07 Å². The lowest BCUT2D eigenvalue weighted by atomic mass is 9.99. The van der Waals surface area contributed by atoms with Gasteiger partial charge in [-0.1, -0.05) is 23.7 Å². The minimum Gasteiger partial charge on any atom is -0.453 e. The first kappa shape index (κ1) is 27.6. The normalized spacial score (nSPS) is 14.8. The molecule has 0 spiro atoms. The molecule has 3 amide bonds. The Morgan fingerprint density at radius 1 is 1.20 bits per heavy atom. The number of anilines is 2. The molecule has 1 atom stereocenters. The summed E-state index contributed by atoms with van der Waals surface area (Å²) in [4.78, 5) is 46.0. The average Bonchev–Trinajstić information content (AvgIpc) is 3.46. The highest BCUT2D eigenvalue weighted by atomic mass is 35.5. The number of methoxy groups -OCH3 is 1. The number of fused-ring (bicyclic) bond motifs is 4. The molecule has 4 aromatic rings. The molecule has 1 unspecified atom stereocenters. The number of nitrogens with one attached hydrogen (secondary N) is 3. The highest BCUT2D eigenvalue weighted by Gasteiger charge is 2.22. The van der Waals surface area contributed by atoms with Crippen molar-refractivity contribution < 1.29 is 28.2 Å². The van der Waals surface area contributed by atoms with Crippen LogP contribution in [0.25, 0.3) is 16.8 Å². The fourth-order valence-corrected chi connectivity index (χ4v) is 4.51. The Balaban J connectivity index is 1.43. The van der Waals surface area contributed by atoms with Crippen LogP contribution < -0.4 is 16.0 Å². The molecule has 11 nitrogen and oxygen atoms in total. The van der Waals surface area contributed by atoms with Crippen molar-refractivity contribution in [1.82, 2.24) is 19.9 Å². The van der Waals surface area contributed by atoms with Crippen molar-refractivity contribution >= 4 is 41.1 Å². The van der Waals surface area contributed by atoms with Crippen molar-refractivity contribution in [3.63, 3.8) is 0 Å². The number of imidazole rings is 1. The van der Waals surface area contributed by atoms with Crippen molar-refractivity contribution in [3.8, 4) is 16.8 Å². The topological polar surface area (TPSA) is 136 Å². The molecule has 0 saturated heterocycles. The third-order valence-corrected chi connectivity index (χ3v) is 6.63. The van der Waals surface area contributed by atoms with Gasteiger partial charge in [0.05, 0.1) is 41.8 Å². The van der Waals surface area contributed by atoms with Crippen LogP contribution in [0.1, 0.15) is 35.1 Å². The molecule has 0 aliphatic carbocycles. The van der Waals surface area contributed by atoms with Crippen LogP contribution in [0, 0.1) is 5.82 Å². The number of carbonyl (C=O) groups is 3. The molecule has 41 heavy (non-hydrogen) atoms. The average molecular weight is 579 g/mol. The van der Waals surface area contributed by atoms with Crippen molar-refractivity contribution in [2.24, 2.45) is 0 Å². The van der Waals surface area contributed by atoms with E-state index in [4.69, 9.17) is 16.3 Å². The second-order valence-electron chi connectivity index (χ2n) is 9.01. The predicted octanol–water partition coefficient (Wildman–Crippen LogP) is 5.72. The monoisotopic (exact) mass is 578 g/mol. The summed E-state index contributed by atoms with van der Waals surface area (Å²) in [5.41, 5.74) is 2.93. The molecule has 0 radical (unpaired) electrons. The Morgan fingerprint density at radius 3 is 2.88 bits per heavy atom. The summed E-state index contributed by atoms with van der Waals surface area (Å²) in [6, 6.07) is 12.5. The lowest BCUT2D eigenvalue weighted by molar-refractivity contribution is 0.0925. The van der Waals surface area contributed by atoms with E-state index >= 15 is 0 Å². The third-order valence-electron chi connectivity index (χ3n) is 6.34. The second-order valence-corrected chi connectivity index (χ2v) is 9.42. The zero-order chi connectivity index (χ0) is 28.9. The first-order valence-corrected chi connectivity index (χ1v) is 12.9. The zero-order valence-corrected chi connectivity index (χ0v) is 22.4. The van der Waals surface area contributed by atoms with E-state index in [0.717, 1.165) is 0 Å². The number of nitrogens with zero attached hydrogens (tertiary/aromatic N) is 3. The van der Waals surface area contributed by atoms with Gasteiger partial charge >= 0.3 is 12.2 Å². The van der Waals surface area contributed by atoms with Gasteiger partial charge in [-0.2, -0.15) is 0 Å². The summed E-state index contributed by atoms with van der Waals surface area (Å²) >= 11 is 5.89. The van der Waals surface area contributed by atoms with Gasteiger partial charge in [0.25, 0.3) is 5.91 Å². The summed E-state index contributed by atoms with van der Waals surface area (Å²) in [5.74, 6) is -1.12. The molecule has 2 bridgehead atoms. The lowest BCUT2D eigenvalue weighted by Crippen LogP contribution is -2.30. The molecule has 1 aliphatic rings. The van der Waals surface area contributed by atoms with Crippen molar-refractivity contribution in [3.05, 3.63) is 89.5 Å². The third kappa shape index (κ3) is 6.28. The molecule has 3 N–H and O–H groups in total. The van der Waals surface area contributed by atoms with E-state index in [9.17, 15) is 18.8 Å². The van der Waals surface area contributed by atoms with Crippen molar-refractivity contribution in [2.45, 2.75) is 18.9 Å². The van der Waals surface area contributed by atoms with E-state index in [2.05, 4.69) is 30.7 Å². The van der Waals surface area contributed by atoms with Crippen molar-refractivity contribution in [2.75, 3.05) is 24.4 Å². The number of cyclic esters (lactones) is 1. The molecule has 210 valence electrons. The number of ether oxygens (including phenoxy) is 2. The number of amides is 3. The number of carbonyl (C=O) groups excluding carboxylic acids is 3. The number of halogens is 2. The van der Waals surface area contributed by atoms with E-state index in [1.165, 1.54) is 36.3 Å². The summed E-state index contributed by atoms with van der Waals surface area (Å²) in [6.45, 7) is 0.0794. The molecule has 0 fully saturated rings. The minimum absolute atomic E-state index is 0.0465. The highest BCUT2D eigenvalue weighted by molar-refractivity contribution is 6.30. The SMILES string of the molecule is COC(=O)Nc1ccc2c(c1)NC(=O)OCCCC(NC(=O)c1cn(-c3cccc(Cl)c3F)cn1)c1cc-2ccn1. The first-order chi connectivity index (χ1) is 19.8. The Morgan fingerprint density at radius 2 is 2.05 bits per heavy atom. The minimum atomic E-state index is -0.671. The van der Waals surface area contributed by atoms with E-state index in [-0.39, 0.29) is 23.0 Å². The summed E-state index contributed by atoms with van der Waals surface area (Å²) in [6.07, 6.45) is 3.85. The zero-order valence-electron chi connectivity index (χ0n) is 21.7. The van der Waals surface area contributed by atoms with Crippen LogP contribution in [-0.2, 0) is 9.47 Å². The molecular weight excluding hydrogens is 555 g/mol. The molecule has 2 aromatic carbocycles. The van der Waals surface area contributed by atoms with Crippen LogP contribution in [0.15, 0.2) is 67.3 Å². The van der Waals surface area contributed by atoms with Gasteiger partial charge in [-0.25, -0.2) is 19.0 Å². The standard InChI is InChI=1S/C28H24ClFN6O5/c1-40-27(38)33-17-7-8-18-16-9-10-31-22(12-16)20(5-3-11-41-28(39)35-21(18)13-17)34-26(37)23-14-36(15-32-23)24-6-2-4-19(29)25(24)30/h2,4,6-10,12-15,20H,3,5,11H2,1H3,(H,33,38)(H,34,37)(H,35,39). The van der Waals surface area contributed by atoms with E-state index < -0.39 is 30.0 Å². The van der Waals surface area contributed by atoms with Crippen molar-refractivity contribution in [1.29, 1.82) is 0 Å². The second kappa shape index (κ2) is 12.0. The Hall–Kier alpha value is -4.97. The number of hydrogen-bond acceptors (Lipinski definition) is 7. The molecule has 3 heterocycles. The van der Waals surface area contributed by atoms with Crippen LogP contribution in [0.2, 0.25) is 5.02 Å². The molecule has 13 heteroatoms. The van der Waals surface area contributed by atoms with Gasteiger partial charge in [0.15, 0.2) is 5.82 Å². The number of pyridine rings is 1. The van der Waals surface area contributed by atoms with Gasteiger partial charge in [0.2, 0.25) is 0 Å². The van der Waals surface area contributed by atoms with Crippen LogP contribution >= 0.6 is 11.6 Å². The highest BCUT2D eigenvalue weighted by Crippen LogP contribution is 2.33. The van der Waals surface area contributed by atoms with E-state index in [1.54, 1.807) is 36.5 Å². The maximum Gasteiger partial charge on any atom is 0.411 e. The van der Waals surface area contributed by atoms with E-state index in [0.29, 0.717) is 41.0 Å². The maximum absolute atomic E-state index is 14.5. The maximum atomic E-state index is 14.5. The fourth-order valence-electron chi connectivity index (χ4n) is 4.34. The molecular formula is C28H24ClFN6O5. The first-order valence-electron chi connectivity index (χ1n) is 12.5. The van der Waals surface area contributed by atoms with Crippen LogP contribution in [0.3, 0.4) is 0 Å². The van der Waals surface area contributed by atoms with Gasteiger partial charge in [-0.15, -0.1) is 0 Å². The molecule has 0 saturated carbocycles. The Labute approximate surface area is 238 Å². The van der Waals surface area contributed by atoms with Gasteiger partial charge in [0.1, 0.15) is 12.0 Å². The van der Waals surface area contributed by atoms with Gasteiger partial charge in [-0.3, -0.25) is 20.4 Å². The molecule has 5 rings (SSSR count). The largest absolute Gasteiger partial charge is 0.453 e. The number of aromatic nitrogens is 3. The fraction of sp³-hybridized carbons (Fsp3) is 0.179. The van der Waals surface area contributed by atoms with Crippen LogP contribution in [0.4, 0.5) is 25.4 Å². The lowest BCUT2D eigenvalue weighted by Gasteiger charge is -2.21. The van der Waals surface area contributed by atoms with Crippen LogP contribution in [-0.4, -0.2) is 46.3 Å². The summed E-state index contributed by atoms with van der Waals surface area (Å²) in [5, 5.41) is 8.18. The van der Waals surface area contributed by atoms with Crippen LogP contribution in [0.5, 0.6) is 0 Å². The number of hydrogen-bond donors (Lipinski definition) is 3. The van der Waals surface area contributed by atoms with Gasteiger partial charge in [-0.05, 0) is 54.8 Å². The quantitative estimate of drug-likeness (QED) is 0.282. The van der Waals surface area contributed by atoms with Gasteiger partial charge in [0, 0.05) is 23.6 Å². The summed E-state index contributed by atoms with van der Waals surface area (Å²) in [7, 11) is 1.25. The summed E-state index contributed by atoms with van der Waals surface area (Å²) < 4.78 is 25.8. The molecule has 2 aromatic heterocycles. The smallest absolute Gasteiger partial charge is 0.411 e. The molecule has 1 aliphatic heterocycles. The van der Waals surface area contributed by atoms with Gasteiger partial charge < -0.3 is 19.4 Å². The number of rotatable bonds is 4. The Bertz CT molecular complexity index is 1630.